The summed E-state index contributed by atoms with van der Waals surface area (Å²) < 4.78 is 0. The molecule has 18 heavy (non-hydrogen) atoms. The molecule has 6 heteroatoms. The molecule has 0 bridgehead atoms. The van der Waals surface area contributed by atoms with Crippen LogP contribution in [0.15, 0.2) is 12.4 Å². The second-order valence-corrected chi connectivity index (χ2v) is 4.81. The Kier molecular flexibility index (Phi) is 4.36. The SMILES string of the molecule is CC(Nc1nccnc1Cl)C(=O)N1CCCCC1. The second-order valence-electron chi connectivity index (χ2n) is 4.45. The van der Waals surface area contributed by atoms with E-state index in [1.807, 2.05) is 11.8 Å². The van der Waals surface area contributed by atoms with Crippen LogP contribution in [-0.2, 0) is 4.79 Å². The average molecular weight is 269 g/mol. The van der Waals surface area contributed by atoms with Crippen molar-refractivity contribution < 1.29 is 4.79 Å². The minimum absolute atomic E-state index is 0.0939. The van der Waals surface area contributed by atoms with Crippen molar-refractivity contribution >= 4 is 23.3 Å². The number of likely N-dealkylation sites (tertiary alicyclic amines) is 1. The summed E-state index contributed by atoms with van der Waals surface area (Å²) >= 11 is 5.90. The van der Waals surface area contributed by atoms with E-state index >= 15 is 0 Å². The summed E-state index contributed by atoms with van der Waals surface area (Å²) in [6.07, 6.45) is 6.45. The molecule has 0 aliphatic carbocycles. The number of nitrogens with zero attached hydrogens (tertiary/aromatic N) is 3. The van der Waals surface area contributed by atoms with Gasteiger partial charge in [-0.1, -0.05) is 11.6 Å². The molecule has 98 valence electrons. The molecule has 1 atom stereocenters. The Morgan fingerprint density at radius 2 is 2.00 bits per heavy atom. The van der Waals surface area contributed by atoms with Crippen LogP contribution in [0.5, 0.6) is 0 Å². The van der Waals surface area contributed by atoms with Crippen LogP contribution in [0, 0.1) is 0 Å². The summed E-state index contributed by atoms with van der Waals surface area (Å²) in [6.45, 7) is 3.51. The number of aromatic nitrogens is 2. The minimum Gasteiger partial charge on any atom is -0.356 e. The molecule has 1 unspecified atom stereocenters. The van der Waals surface area contributed by atoms with E-state index in [1.54, 1.807) is 6.20 Å². The molecule has 5 nitrogen and oxygen atoms in total. The van der Waals surface area contributed by atoms with E-state index in [0.29, 0.717) is 5.82 Å². The first-order valence-electron chi connectivity index (χ1n) is 6.20. The summed E-state index contributed by atoms with van der Waals surface area (Å²) in [7, 11) is 0. The van der Waals surface area contributed by atoms with Crippen molar-refractivity contribution in [3.8, 4) is 0 Å². The lowest BCUT2D eigenvalue weighted by Gasteiger charge is -2.29. The quantitative estimate of drug-likeness (QED) is 0.910. The van der Waals surface area contributed by atoms with Crippen LogP contribution in [0.25, 0.3) is 0 Å². The Morgan fingerprint density at radius 3 is 2.67 bits per heavy atom. The van der Waals surface area contributed by atoms with Gasteiger partial charge in [0.15, 0.2) is 11.0 Å². The molecule has 1 fully saturated rings. The summed E-state index contributed by atoms with van der Waals surface area (Å²) in [6, 6.07) is -0.336. The summed E-state index contributed by atoms with van der Waals surface area (Å²) in [4.78, 5) is 22.1. The van der Waals surface area contributed by atoms with E-state index in [1.165, 1.54) is 12.6 Å². The number of hydrogen-bond donors (Lipinski definition) is 1. The fraction of sp³-hybridized carbons (Fsp3) is 0.583. The number of anilines is 1. The van der Waals surface area contributed by atoms with Crippen molar-refractivity contribution in [1.82, 2.24) is 14.9 Å². The number of carbonyl (C=O) groups is 1. The molecule has 1 aliphatic rings. The van der Waals surface area contributed by atoms with Crippen molar-refractivity contribution in [2.24, 2.45) is 0 Å². The highest BCUT2D eigenvalue weighted by atomic mass is 35.5. The van der Waals surface area contributed by atoms with E-state index < -0.39 is 0 Å². The number of nitrogens with one attached hydrogen (secondary N) is 1. The molecule has 0 saturated carbocycles. The number of amides is 1. The van der Waals surface area contributed by atoms with Gasteiger partial charge in [0.05, 0.1) is 0 Å². The molecular formula is C12H17ClN4O. The van der Waals surface area contributed by atoms with E-state index in [0.717, 1.165) is 25.9 Å². The van der Waals surface area contributed by atoms with Crippen LogP contribution in [0.3, 0.4) is 0 Å². The van der Waals surface area contributed by atoms with Crippen LogP contribution in [0.4, 0.5) is 5.82 Å². The zero-order valence-corrected chi connectivity index (χ0v) is 11.2. The molecule has 1 saturated heterocycles. The first-order valence-corrected chi connectivity index (χ1v) is 6.58. The maximum atomic E-state index is 12.2. The standard InChI is InChI=1S/C12H17ClN4O/c1-9(12(18)17-7-3-2-4-8-17)16-11-10(13)14-5-6-15-11/h5-6,9H,2-4,7-8H2,1H3,(H,15,16). The highest BCUT2D eigenvalue weighted by Gasteiger charge is 2.22. The third-order valence-corrected chi connectivity index (χ3v) is 3.32. The number of carbonyl (C=O) groups excluding carboxylic acids is 1. The molecule has 1 aromatic heterocycles. The molecule has 0 radical (unpaired) electrons. The van der Waals surface area contributed by atoms with Gasteiger partial charge in [-0.25, -0.2) is 9.97 Å². The van der Waals surface area contributed by atoms with Gasteiger partial charge in [0.25, 0.3) is 0 Å². The Balaban J connectivity index is 1.96. The Bertz CT molecular complexity index is 420. The normalized spacial score (nSPS) is 17.3. The van der Waals surface area contributed by atoms with Crippen LogP contribution >= 0.6 is 11.6 Å². The van der Waals surface area contributed by atoms with Crippen LogP contribution in [0.2, 0.25) is 5.15 Å². The predicted molar refractivity (Wildman–Crippen MR) is 70.6 cm³/mol. The lowest BCUT2D eigenvalue weighted by Crippen LogP contribution is -2.44. The van der Waals surface area contributed by atoms with Gasteiger partial charge < -0.3 is 10.2 Å². The minimum atomic E-state index is -0.336. The smallest absolute Gasteiger partial charge is 0.244 e. The van der Waals surface area contributed by atoms with Gasteiger partial charge in [-0.2, -0.15) is 0 Å². The zero-order valence-electron chi connectivity index (χ0n) is 10.4. The van der Waals surface area contributed by atoms with Crippen LogP contribution in [0.1, 0.15) is 26.2 Å². The van der Waals surface area contributed by atoms with Gasteiger partial charge in [-0.3, -0.25) is 4.79 Å². The fourth-order valence-electron chi connectivity index (χ4n) is 2.07. The van der Waals surface area contributed by atoms with Crippen molar-refractivity contribution in [3.63, 3.8) is 0 Å². The van der Waals surface area contributed by atoms with Gasteiger partial charge in [0.1, 0.15) is 6.04 Å². The molecule has 1 amide bonds. The molecule has 0 aromatic carbocycles. The van der Waals surface area contributed by atoms with Crippen molar-refractivity contribution in [1.29, 1.82) is 0 Å². The largest absolute Gasteiger partial charge is 0.356 e. The molecule has 2 rings (SSSR count). The summed E-state index contributed by atoms with van der Waals surface area (Å²) in [5, 5.41) is 3.30. The van der Waals surface area contributed by atoms with E-state index in [-0.39, 0.29) is 17.1 Å². The first-order chi connectivity index (χ1) is 8.68. The highest BCUT2D eigenvalue weighted by molar-refractivity contribution is 6.31. The van der Waals surface area contributed by atoms with Gasteiger partial charge >= 0.3 is 0 Å². The second kappa shape index (κ2) is 6.00. The van der Waals surface area contributed by atoms with E-state index in [2.05, 4.69) is 15.3 Å². The topological polar surface area (TPSA) is 58.1 Å². The number of halogens is 1. The summed E-state index contributed by atoms with van der Waals surface area (Å²) in [5.41, 5.74) is 0. The third kappa shape index (κ3) is 3.10. The van der Waals surface area contributed by atoms with Gasteiger partial charge in [0, 0.05) is 25.5 Å². The van der Waals surface area contributed by atoms with Gasteiger partial charge in [0.2, 0.25) is 5.91 Å². The lowest BCUT2D eigenvalue weighted by molar-refractivity contribution is -0.132. The van der Waals surface area contributed by atoms with Crippen molar-refractivity contribution in [2.75, 3.05) is 18.4 Å². The Labute approximate surface area is 112 Å². The fourth-order valence-corrected chi connectivity index (χ4v) is 2.23. The zero-order chi connectivity index (χ0) is 13.0. The number of rotatable bonds is 3. The summed E-state index contributed by atoms with van der Waals surface area (Å²) in [5.74, 6) is 0.549. The van der Waals surface area contributed by atoms with Crippen molar-refractivity contribution in [2.45, 2.75) is 32.2 Å². The maximum Gasteiger partial charge on any atom is 0.244 e. The van der Waals surface area contributed by atoms with Crippen LogP contribution < -0.4 is 5.32 Å². The Hall–Kier alpha value is -1.36. The highest BCUT2D eigenvalue weighted by Crippen LogP contribution is 2.16. The van der Waals surface area contributed by atoms with Gasteiger partial charge in [-0.15, -0.1) is 0 Å². The van der Waals surface area contributed by atoms with Gasteiger partial charge in [-0.05, 0) is 26.2 Å². The number of hydrogen-bond acceptors (Lipinski definition) is 4. The predicted octanol–water partition coefficient (Wildman–Crippen LogP) is 1.94. The lowest BCUT2D eigenvalue weighted by atomic mass is 10.1. The monoisotopic (exact) mass is 268 g/mol. The van der Waals surface area contributed by atoms with Crippen LogP contribution in [-0.4, -0.2) is 39.9 Å². The Morgan fingerprint density at radius 1 is 1.33 bits per heavy atom. The third-order valence-electron chi connectivity index (χ3n) is 3.04. The van der Waals surface area contributed by atoms with Crippen molar-refractivity contribution in [3.05, 3.63) is 17.5 Å². The molecular weight excluding hydrogens is 252 g/mol. The molecule has 1 aromatic rings. The van der Waals surface area contributed by atoms with E-state index in [4.69, 9.17) is 11.6 Å². The molecule has 1 N–H and O–H groups in total. The first kappa shape index (κ1) is 13.1. The molecule has 1 aliphatic heterocycles. The maximum absolute atomic E-state index is 12.2. The molecule has 2 heterocycles. The molecule has 0 spiro atoms. The average Bonchev–Trinajstić information content (AvgIpc) is 2.41. The number of piperidine rings is 1. The van der Waals surface area contributed by atoms with E-state index in [9.17, 15) is 4.79 Å².